The van der Waals surface area contributed by atoms with E-state index in [0.717, 1.165) is 51.2 Å². The normalized spacial score (nSPS) is 26.7. The van der Waals surface area contributed by atoms with Crippen LogP contribution in [0.25, 0.3) is 0 Å². The zero-order valence-electron chi connectivity index (χ0n) is 14.1. The number of hydrogen-bond acceptors (Lipinski definition) is 2. The van der Waals surface area contributed by atoms with Gasteiger partial charge in [0.25, 0.3) is 0 Å². The Hall–Kier alpha value is -1.06. The average Bonchev–Trinajstić information content (AvgIpc) is 2.56. The maximum Gasteiger partial charge on any atom is 0.230 e. The van der Waals surface area contributed by atoms with E-state index in [2.05, 4.69) is 41.8 Å². The fraction of sp³-hybridized carbons (Fsp3) is 0.632. The molecule has 1 aliphatic heterocycles. The predicted molar refractivity (Wildman–Crippen MR) is 97.2 cm³/mol. The molecule has 0 spiro atoms. The minimum absolute atomic E-state index is 0. The molecule has 0 saturated carbocycles. The number of aryl methyl sites for hydroxylation is 1. The van der Waals surface area contributed by atoms with Gasteiger partial charge < -0.3 is 10.6 Å². The summed E-state index contributed by atoms with van der Waals surface area (Å²) in [5.74, 6) is 0.934. The molecule has 4 heteroatoms. The van der Waals surface area contributed by atoms with Crippen LogP contribution in [-0.2, 0) is 16.6 Å². The van der Waals surface area contributed by atoms with Gasteiger partial charge in [-0.3, -0.25) is 4.79 Å². The van der Waals surface area contributed by atoms with Gasteiger partial charge in [0.15, 0.2) is 0 Å². The lowest BCUT2D eigenvalue weighted by Crippen LogP contribution is -2.45. The van der Waals surface area contributed by atoms with Gasteiger partial charge in [0.1, 0.15) is 0 Å². The maximum atomic E-state index is 12.8. The fourth-order valence-corrected chi connectivity index (χ4v) is 4.03. The van der Waals surface area contributed by atoms with Crippen molar-refractivity contribution < 1.29 is 4.79 Å². The first-order valence-electron chi connectivity index (χ1n) is 8.77. The Morgan fingerprint density at radius 3 is 2.96 bits per heavy atom. The van der Waals surface area contributed by atoms with Gasteiger partial charge in [-0.25, -0.2) is 0 Å². The number of nitrogens with one attached hydrogen (secondary N) is 2. The molecule has 1 amide bonds. The van der Waals surface area contributed by atoms with Crippen LogP contribution in [0.3, 0.4) is 0 Å². The second-order valence-electron chi connectivity index (χ2n) is 7.10. The molecule has 2 atom stereocenters. The van der Waals surface area contributed by atoms with Gasteiger partial charge in [-0.2, -0.15) is 0 Å². The van der Waals surface area contributed by atoms with E-state index in [1.807, 2.05) is 0 Å². The highest BCUT2D eigenvalue weighted by atomic mass is 35.5. The van der Waals surface area contributed by atoms with Crippen molar-refractivity contribution >= 4 is 18.3 Å². The van der Waals surface area contributed by atoms with Gasteiger partial charge in [-0.1, -0.05) is 24.3 Å². The molecule has 1 fully saturated rings. The number of amides is 1. The van der Waals surface area contributed by atoms with Crippen LogP contribution in [0.15, 0.2) is 24.3 Å². The third-order valence-corrected chi connectivity index (χ3v) is 5.47. The molecule has 23 heavy (non-hydrogen) atoms. The molecule has 0 radical (unpaired) electrons. The summed E-state index contributed by atoms with van der Waals surface area (Å²) in [6.45, 7) is 5.18. The first kappa shape index (κ1) is 18.3. The number of piperidine rings is 1. The Morgan fingerprint density at radius 1 is 1.35 bits per heavy atom. The first-order valence-corrected chi connectivity index (χ1v) is 8.77. The van der Waals surface area contributed by atoms with E-state index in [0.29, 0.717) is 0 Å². The lowest BCUT2D eigenvalue weighted by Gasteiger charge is -2.35. The number of fused-ring (bicyclic) bond motifs is 1. The van der Waals surface area contributed by atoms with E-state index in [-0.39, 0.29) is 23.7 Å². The molecule has 0 aromatic heterocycles. The van der Waals surface area contributed by atoms with Crippen LogP contribution in [-0.4, -0.2) is 25.5 Å². The zero-order chi connectivity index (χ0) is 15.4. The van der Waals surface area contributed by atoms with Gasteiger partial charge in [-0.15, -0.1) is 12.4 Å². The van der Waals surface area contributed by atoms with Crippen molar-refractivity contribution in [3.63, 3.8) is 0 Å². The van der Waals surface area contributed by atoms with Crippen LogP contribution in [0.4, 0.5) is 0 Å². The molecular weight excluding hydrogens is 308 g/mol. The summed E-state index contributed by atoms with van der Waals surface area (Å²) < 4.78 is 0. The van der Waals surface area contributed by atoms with Crippen LogP contribution in [0.1, 0.15) is 50.2 Å². The second kappa shape index (κ2) is 8.16. The Bertz CT molecular complexity index is 528. The minimum Gasteiger partial charge on any atom is -0.355 e. The van der Waals surface area contributed by atoms with Gasteiger partial charge in [0.05, 0.1) is 5.41 Å². The Labute approximate surface area is 146 Å². The van der Waals surface area contributed by atoms with Crippen molar-refractivity contribution in [2.45, 2.75) is 50.9 Å². The van der Waals surface area contributed by atoms with E-state index >= 15 is 0 Å². The maximum absolute atomic E-state index is 12.8. The number of carbonyl (C=O) groups is 1. The molecule has 128 valence electrons. The lowest BCUT2D eigenvalue weighted by molar-refractivity contribution is -0.126. The van der Waals surface area contributed by atoms with Crippen molar-refractivity contribution in [2.24, 2.45) is 5.92 Å². The van der Waals surface area contributed by atoms with Crippen molar-refractivity contribution in [3.05, 3.63) is 35.4 Å². The molecule has 1 saturated heterocycles. The van der Waals surface area contributed by atoms with Crippen LogP contribution < -0.4 is 10.6 Å². The van der Waals surface area contributed by atoms with Crippen LogP contribution in [0, 0.1) is 5.92 Å². The molecule has 3 rings (SSSR count). The van der Waals surface area contributed by atoms with Crippen LogP contribution in [0.5, 0.6) is 0 Å². The summed E-state index contributed by atoms with van der Waals surface area (Å²) in [5, 5.41) is 6.66. The Kier molecular flexibility index (Phi) is 6.49. The molecule has 2 N–H and O–H groups in total. The van der Waals surface area contributed by atoms with Gasteiger partial charge in [-0.05, 0) is 75.6 Å². The molecule has 2 unspecified atom stereocenters. The fourth-order valence-electron chi connectivity index (χ4n) is 4.03. The van der Waals surface area contributed by atoms with Crippen molar-refractivity contribution in [1.82, 2.24) is 10.6 Å². The Balaban J connectivity index is 0.00000192. The standard InChI is InChI=1S/C19H28N2O.ClH/c1-19(11-4-8-16-7-2-3-9-17(16)19)18(22)21-13-10-15-6-5-12-20-14-15;/h2-3,7,9,15,20H,4-6,8,10-14H2,1H3,(H,21,22);1H. The van der Waals surface area contributed by atoms with Crippen LogP contribution in [0.2, 0.25) is 0 Å². The van der Waals surface area contributed by atoms with E-state index < -0.39 is 0 Å². The van der Waals surface area contributed by atoms with E-state index in [9.17, 15) is 4.79 Å². The largest absolute Gasteiger partial charge is 0.355 e. The first-order chi connectivity index (χ1) is 10.7. The third kappa shape index (κ3) is 4.07. The monoisotopic (exact) mass is 336 g/mol. The van der Waals surface area contributed by atoms with Crippen molar-refractivity contribution in [1.29, 1.82) is 0 Å². The highest BCUT2D eigenvalue weighted by molar-refractivity contribution is 5.88. The number of benzene rings is 1. The van der Waals surface area contributed by atoms with E-state index in [1.54, 1.807) is 0 Å². The van der Waals surface area contributed by atoms with Crippen LogP contribution >= 0.6 is 12.4 Å². The van der Waals surface area contributed by atoms with Crippen molar-refractivity contribution in [2.75, 3.05) is 19.6 Å². The topological polar surface area (TPSA) is 41.1 Å². The SMILES string of the molecule is CC1(C(=O)NCCC2CCCNC2)CCCc2ccccc21.Cl. The third-order valence-electron chi connectivity index (χ3n) is 5.47. The average molecular weight is 337 g/mol. The molecule has 1 aliphatic carbocycles. The summed E-state index contributed by atoms with van der Waals surface area (Å²) in [6.07, 6.45) is 6.82. The summed E-state index contributed by atoms with van der Waals surface area (Å²) in [5.41, 5.74) is 2.24. The van der Waals surface area contributed by atoms with Crippen molar-refractivity contribution in [3.8, 4) is 0 Å². The lowest BCUT2D eigenvalue weighted by atomic mass is 9.70. The molecule has 0 bridgehead atoms. The highest BCUT2D eigenvalue weighted by Gasteiger charge is 2.38. The molecule has 2 aliphatic rings. The molecule has 1 aromatic carbocycles. The second-order valence-corrected chi connectivity index (χ2v) is 7.10. The minimum atomic E-state index is -0.348. The van der Waals surface area contributed by atoms with Gasteiger partial charge in [0.2, 0.25) is 5.91 Å². The number of rotatable bonds is 4. The van der Waals surface area contributed by atoms with Gasteiger partial charge in [0, 0.05) is 6.54 Å². The van der Waals surface area contributed by atoms with E-state index in [1.165, 1.54) is 24.0 Å². The summed E-state index contributed by atoms with van der Waals surface area (Å²) in [7, 11) is 0. The molecule has 1 aromatic rings. The summed E-state index contributed by atoms with van der Waals surface area (Å²) in [6, 6.07) is 8.45. The number of hydrogen-bond donors (Lipinski definition) is 2. The Morgan fingerprint density at radius 2 is 2.17 bits per heavy atom. The van der Waals surface area contributed by atoms with Gasteiger partial charge >= 0.3 is 0 Å². The molecular formula is C19H29ClN2O. The summed E-state index contributed by atoms with van der Waals surface area (Å²) >= 11 is 0. The quantitative estimate of drug-likeness (QED) is 0.886. The molecule has 3 nitrogen and oxygen atoms in total. The number of halogens is 1. The number of carbonyl (C=O) groups excluding carboxylic acids is 1. The zero-order valence-corrected chi connectivity index (χ0v) is 14.9. The van der Waals surface area contributed by atoms with E-state index in [4.69, 9.17) is 0 Å². The molecule has 1 heterocycles. The predicted octanol–water partition coefficient (Wildman–Crippen LogP) is 3.21. The smallest absolute Gasteiger partial charge is 0.230 e. The highest BCUT2D eigenvalue weighted by Crippen LogP contribution is 2.37. The summed E-state index contributed by atoms with van der Waals surface area (Å²) in [4.78, 5) is 12.8.